The normalized spacial score (nSPS) is 19.5. The summed E-state index contributed by atoms with van der Waals surface area (Å²) in [7, 11) is 0. The molecule has 1 aromatic heterocycles. The molecule has 164 valence electrons. The lowest BCUT2D eigenvalue weighted by molar-refractivity contribution is -0.140. The van der Waals surface area contributed by atoms with Gasteiger partial charge in [-0.1, -0.05) is 6.07 Å². The molecule has 3 heterocycles. The molecule has 0 bridgehead atoms. The highest BCUT2D eigenvalue weighted by molar-refractivity contribution is 7.99. The number of benzene rings is 1. The second kappa shape index (κ2) is 9.18. The highest BCUT2D eigenvalue weighted by Gasteiger charge is 2.39. The Labute approximate surface area is 186 Å². The lowest BCUT2D eigenvalue weighted by atomic mass is 9.94. The van der Waals surface area contributed by atoms with Gasteiger partial charge in [0.2, 0.25) is 11.8 Å². The van der Waals surface area contributed by atoms with Crippen molar-refractivity contribution in [3.05, 3.63) is 53.5 Å². The van der Waals surface area contributed by atoms with E-state index in [2.05, 4.69) is 5.32 Å². The van der Waals surface area contributed by atoms with Gasteiger partial charge in [0.05, 0.1) is 12.1 Å². The first-order valence-electron chi connectivity index (χ1n) is 10.5. The Morgan fingerprint density at radius 3 is 2.55 bits per heavy atom. The Hall–Kier alpha value is -2.74. The molecule has 1 aromatic carbocycles. The van der Waals surface area contributed by atoms with Gasteiger partial charge in [0.15, 0.2) is 5.76 Å². The lowest BCUT2D eigenvalue weighted by Gasteiger charge is -2.34. The quantitative estimate of drug-likeness (QED) is 0.787. The lowest BCUT2D eigenvalue weighted by Crippen LogP contribution is -2.49. The minimum atomic E-state index is -0.470. The van der Waals surface area contributed by atoms with Crippen molar-refractivity contribution in [3.8, 4) is 0 Å². The number of nitrogens with zero attached hydrogens (tertiary/aromatic N) is 2. The number of amides is 3. The number of hydrogen-bond acceptors (Lipinski definition) is 5. The first kappa shape index (κ1) is 21.5. The number of hydrogen-bond donors (Lipinski definition) is 1. The SMILES string of the molecule is Cc1ccc(NC(=O)C2CSCN2C(=O)C2CCN(C(=O)c3ccco3)CC2)cc1C. The summed E-state index contributed by atoms with van der Waals surface area (Å²) < 4.78 is 5.19. The minimum Gasteiger partial charge on any atom is -0.459 e. The number of piperidine rings is 1. The molecule has 2 aliphatic rings. The van der Waals surface area contributed by atoms with E-state index in [1.807, 2.05) is 32.0 Å². The van der Waals surface area contributed by atoms with Crippen LogP contribution in [-0.4, -0.2) is 58.3 Å². The Kier molecular flexibility index (Phi) is 6.36. The summed E-state index contributed by atoms with van der Waals surface area (Å²) in [6.45, 7) is 5.06. The summed E-state index contributed by atoms with van der Waals surface area (Å²) >= 11 is 1.60. The van der Waals surface area contributed by atoms with Gasteiger partial charge >= 0.3 is 0 Å². The molecule has 0 saturated carbocycles. The van der Waals surface area contributed by atoms with E-state index in [0.717, 1.165) is 11.3 Å². The number of carbonyl (C=O) groups excluding carboxylic acids is 3. The fraction of sp³-hybridized carbons (Fsp3) is 0.435. The van der Waals surface area contributed by atoms with Crippen LogP contribution < -0.4 is 5.32 Å². The predicted octanol–water partition coefficient (Wildman–Crippen LogP) is 3.29. The molecule has 8 heteroatoms. The van der Waals surface area contributed by atoms with Crippen LogP contribution in [0.5, 0.6) is 0 Å². The fourth-order valence-electron chi connectivity index (χ4n) is 4.04. The van der Waals surface area contributed by atoms with Crippen LogP contribution >= 0.6 is 11.8 Å². The first-order chi connectivity index (χ1) is 14.9. The van der Waals surface area contributed by atoms with E-state index >= 15 is 0 Å². The van der Waals surface area contributed by atoms with Crippen LogP contribution in [0.25, 0.3) is 0 Å². The van der Waals surface area contributed by atoms with Gasteiger partial charge in [-0.25, -0.2) is 0 Å². The predicted molar refractivity (Wildman–Crippen MR) is 120 cm³/mol. The minimum absolute atomic E-state index is 0.00957. The zero-order valence-corrected chi connectivity index (χ0v) is 18.6. The summed E-state index contributed by atoms with van der Waals surface area (Å²) in [5.41, 5.74) is 3.03. The molecule has 4 rings (SSSR count). The van der Waals surface area contributed by atoms with Gasteiger partial charge in [-0.2, -0.15) is 0 Å². The van der Waals surface area contributed by atoms with E-state index in [1.165, 1.54) is 11.8 Å². The molecule has 7 nitrogen and oxygen atoms in total. The maximum absolute atomic E-state index is 13.2. The van der Waals surface area contributed by atoms with Crippen LogP contribution in [0.15, 0.2) is 41.0 Å². The molecule has 2 saturated heterocycles. The van der Waals surface area contributed by atoms with Gasteiger partial charge in [0.1, 0.15) is 6.04 Å². The first-order valence-corrected chi connectivity index (χ1v) is 11.7. The van der Waals surface area contributed by atoms with Gasteiger partial charge in [0, 0.05) is 30.4 Å². The Bertz CT molecular complexity index is 967. The molecule has 1 unspecified atom stereocenters. The van der Waals surface area contributed by atoms with E-state index in [9.17, 15) is 14.4 Å². The van der Waals surface area contributed by atoms with Crippen molar-refractivity contribution in [2.75, 3.05) is 30.0 Å². The molecule has 1 N–H and O–H groups in total. The van der Waals surface area contributed by atoms with E-state index in [-0.39, 0.29) is 23.6 Å². The van der Waals surface area contributed by atoms with Crippen LogP contribution in [0.4, 0.5) is 5.69 Å². The Balaban J connectivity index is 1.35. The molecule has 0 aliphatic carbocycles. The van der Waals surface area contributed by atoms with Gasteiger partial charge in [-0.05, 0) is 62.1 Å². The standard InChI is InChI=1S/C23H27N3O4S/c1-15-5-6-18(12-16(15)2)24-21(27)19-13-31-14-26(19)22(28)17-7-9-25(10-8-17)23(29)20-4-3-11-30-20/h3-6,11-12,17,19H,7-10,13-14H2,1-2H3,(H,24,27). The molecule has 31 heavy (non-hydrogen) atoms. The van der Waals surface area contributed by atoms with Crippen LogP contribution in [0, 0.1) is 19.8 Å². The van der Waals surface area contributed by atoms with Crippen molar-refractivity contribution < 1.29 is 18.8 Å². The maximum Gasteiger partial charge on any atom is 0.289 e. The molecule has 1 atom stereocenters. The van der Waals surface area contributed by atoms with Crippen LogP contribution in [0.1, 0.15) is 34.5 Å². The van der Waals surface area contributed by atoms with Gasteiger partial charge in [-0.15, -0.1) is 11.8 Å². The third kappa shape index (κ3) is 4.63. The molecular formula is C23H27N3O4S. The van der Waals surface area contributed by atoms with Gasteiger partial charge < -0.3 is 19.5 Å². The average Bonchev–Trinajstić information content (AvgIpc) is 3.48. The largest absolute Gasteiger partial charge is 0.459 e. The van der Waals surface area contributed by atoms with E-state index in [4.69, 9.17) is 4.42 Å². The van der Waals surface area contributed by atoms with Crippen molar-refractivity contribution in [3.63, 3.8) is 0 Å². The van der Waals surface area contributed by atoms with Crippen LogP contribution in [0.3, 0.4) is 0 Å². The second-order valence-corrected chi connectivity index (χ2v) is 9.16. The highest BCUT2D eigenvalue weighted by atomic mass is 32.2. The van der Waals surface area contributed by atoms with Crippen LogP contribution in [0.2, 0.25) is 0 Å². The van der Waals surface area contributed by atoms with Gasteiger partial charge in [0.25, 0.3) is 5.91 Å². The summed E-state index contributed by atoms with van der Waals surface area (Å²) in [5, 5.41) is 2.97. The van der Waals surface area contributed by atoms with E-state index in [1.54, 1.807) is 33.7 Å². The van der Waals surface area contributed by atoms with Crippen molar-refractivity contribution in [1.29, 1.82) is 0 Å². The van der Waals surface area contributed by atoms with E-state index in [0.29, 0.717) is 43.3 Å². The highest BCUT2D eigenvalue weighted by Crippen LogP contribution is 2.28. The zero-order valence-electron chi connectivity index (χ0n) is 17.8. The topological polar surface area (TPSA) is 82.9 Å². The summed E-state index contributed by atoms with van der Waals surface area (Å²) in [6, 6.07) is 8.70. The number of furan rings is 1. The third-order valence-corrected chi connectivity index (χ3v) is 7.12. The molecule has 2 aliphatic heterocycles. The molecule has 3 amide bonds. The Morgan fingerprint density at radius 1 is 1.10 bits per heavy atom. The molecule has 0 radical (unpaired) electrons. The molecular weight excluding hydrogens is 414 g/mol. The van der Waals surface area contributed by atoms with Crippen molar-refractivity contribution >= 4 is 35.2 Å². The Morgan fingerprint density at radius 2 is 1.87 bits per heavy atom. The summed E-state index contributed by atoms with van der Waals surface area (Å²) in [4.78, 5) is 41.9. The van der Waals surface area contributed by atoms with Crippen molar-refractivity contribution in [1.82, 2.24) is 9.80 Å². The average molecular weight is 442 g/mol. The molecule has 0 spiro atoms. The summed E-state index contributed by atoms with van der Waals surface area (Å²) in [6.07, 6.45) is 2.67. The smallest absolute Gasteiger partial charge is 0.289 e. The number of carbonyl (C=O) groups is 3. The zero-order chi connectivity index (χ0) is 22.0. The number of thioether (sulfide) groups is 1. The number of anilines is 1. The maximum atomic E-state index is 13.2. The van der Waals surface area contributed by atoms with Gasteiger partial charge in [-0.3, -0.25) is 14.4 Å². The third-order valence-electron chi connectivity index (χ3n) is 6.11. The number of aryl methyl sites for hydroxylation is 2. The van der Waals surface area contributed by atoms with E-state index < -0.39 is 6.04 Å². The monoisotopic (exact) mass is 441 g/mol. The number of likely N-dealkylation sites (tertiary alicyclic amines) is 1. The van der Waals surface area contributed by atoms with Crippen molar-refractivity contribution in [2.45, 2.75) is 32.7 Å². The summed E-state index contributed by atoms with van der Waals surface area (Å²) in [5.74, 6) is 0.994. The number of nitrogens with one attached hydrogen (secondary N) is 1. The fourth-order valence-corrected chi connectivity index (χ4v) is 5.21. The van der Waals surface area contributed by atoms with Crippen LogP contribution in [-0.2, 0) is 9.59 Å². The second-order valence-electron chi connectivity index (χ2n) is 8.16. The van der Waals surface area contributed by atoms with Crippen molar-refractivity contribution in [2.24, 2.45) is 5.92 Å². The molecule has 2 aromatic rings. The molecule has 2 fully saturated rings. The number of rotatable bonds is 4.